The van der Waals surface area contributed by atoms with Crippen molar-refractivity contribution in [3.63, 3.8) is 0 Å². The molecule has 5 aliphatic rings. The lowest BCUT2D eigenvalue weighted by atomic mass is 9.33. The van der Waals surface area contributed by atoms with Crippen LogP contribution in [0.25, 0.3) is 0 Å². The number of hydrogen-bond acceptors (Lipinski definition) is 2. The second-order valence-electron chi connectivity index (χ2n) is 16.7. The normalized spacial score (nSPS) is 42.4. The predicted octanol–water partition coefficient (Wildman–Crippen LogP) is 9.26. The summed E-state index contributed by atoms with van der Waals surface area (Å²) in [6.07, 6.45) is 12.1. The predicted molar refractivity (Wildman–Crippen MR) is 172 cm³/mol. The average Bonchev–Trinajstić information content (AvgIpc) is 3.21. The first-order valence-corrected chi connectivity index (χ1v) is 16.9. The van der Waals surface area contributed by atoms with E-state index in [1.54, 1.807) is 0 Å². The van der Waals surface area contributed by atoms with E-state index in [0.717, 1.165) is 41.9 Å². The number of hydrogen-bond donors (Lipinski definition) is 1. The van der Waals surface area contributed by atoms with Gasteiger partial charge in [0, 0.05) is 12.0 Å². The van der Waals surface area contributed by atoms with Crippen molar-refractivity contribution < 1.29 is 9.59 Å². The number of carbonyl (C=O) groups excluding carboxylic acids is 2. The van der Waals surface area contributed by atoms with Gasteiger partial charge in [-0.3, -0.25) is 9.59 Å². The summed E-state index contributed by atoms with van der Waals surface area (Å²) < 4.78 is 0. The maximum absolute atomic E-state index is 13.9. The molecule has 1 amide bonds. The molecular formula is C39H55NO2. The fraction of sp³-hybridized carbons (Fsp3) is 0.692. The topological polar surface area (TPSA) is 46.2 Å². The number of carbonyl (C=O) groups is 2. The molecule has 1 aromatic rings. The molecule has 0 saturated heterocycles. The van der Waals surface area contributed by atoms with Gasteiger partial charge in [0.2, 0.25) is 0 Å². The second kappa shape index (κ2) is 9.67. The number of ketones is 1. The molecule has 42 heavy (non-hydrogen) atoms. The van der Waals surface area contributed by atoms with Crippen molar-refractivity contribution in [1.82, 2.24) is 5.32 Å². The lowest BCUT2D eigenvalue weighted by molar-refractivity contribution is -0.215. The molecule has 0 bridgehead atoms. The smallest absolute Gasteiger partial charge is 0.252 e. The molecule has 0 spiro atoms. The summed E-state index contributed by atoms with van der Waals surface area (Å²) in [4.78, 5) is 27.7. The third kappa shape index (κ3) is 3.83. The van der Waals surface area contributed by atoms with Gasteiger partial charge in [-0.1, -0.05) is 72.7 Å². The van der Waals surface area contributed by atoms with Crippen LogP contribution in [0.2, 0.25) is 0 Å². The van der Waals surface area contributed by atoms with Crippen molar-refractivity contribution in [1.29, 1.82) is 0 Å². The number of allylic oxidation sites excluding steroid dienone is 2. The maximum atomic E-state index is 13.9. The second-order valence-corrected chi connectivity index (χ2v) is 16.7. The number of nitrogens with one attached hydrogen (secondary N) is 1. The summed E-state index contributed by atoms with van der Waals surface area (Å²) in [6, 6.07) is 7.85. The number of fused-ring (bicyclic) bond motifs is 7. The average molecular weight is 570 g/mol. The Hall–Kier alpha value is -2.16. The van der Waals surface area contributed by atoms with Crippen molar-refractivity contribution in [3.8, 4) is 0 Å². The lowest BCUT2D eigenvalue weighted by Gasteiger charge is -2.72. The first kappa shape index (κ1) is 29.9. The van der Waals surface area contributed by atoms with E-state index < -0.39 is 5.54 Å². The van der Waals surface area contributed by atoms with Gasteiger partial charge in [-0.2, -0.15) is 0 Å². The Labute approximate surface area is 255 Å². The Morgan fingerprint density at radius 1 is 0.929 bits per heavy atom. The molecule has 1 N–H and O–H groups in total. The first-order chi connectivity index (χ1) is 19.7. The number of amides is 1. The van der Waals surface area contributed by atoms with E-state index in [1.807, 2.05) is 31.2 Å². The summed E-state index contributed by atoms with van der Waals surface area (Å²) in [6.45, 7) is 23.5. The Morgan fingerprint density at radius 3 is 2.31 bits per heavy atom. The summed E-state index contributed by atoms with van der Waals surface area (Å²) in [5, 5.41) is 3.55. The minimum absolute atomic E-state index is 0.0267. The zero-order chi connectivity index (χ0) is 30.5. The van der Waals surface area contributed by atoms with Gasteiger partial charge in [0.25, 0.3) is 5.91 Å². The van der Waals surface area contributed by atoms with Crippen LogP contribution in [0.4, 0.5) is 0 Å². The summed E-state index contributed by atoms with van der Waals surface area (Å²) in [5.41, 5.74) is 4.45. The molecule has 0 heterocycles. The van der Waals surface area contributed by atoms with Crippen LogP contribution in [0.5, 0.6) is 0 Å². The zero-order valence-corrected chi connectivity index (χ0v) is 27.7. The largest absolute Gasteiger partial charge is 0.342 e. The molecule has 228 valence electrons. The molecule has 5 unspecified atom stereocenters. The first-order valence-electron chi connectivity index (χ1n) is 16.9. The molecule has 3 heteroatoms. The molecular weight excluding hydrogens is 514 g/mol. The van der Waals surface area contributed by atoms with Crippen LogP contribution in [-0.4, -0.2) is 17.2 Å². The SMILES string of the molecule is C=CC1CCC2(C)[C@H]3CCC4C5=C(C(C)C)C(=O)CC5(NC(=O)c5ccccc5C)CC[C@@]4(C)C3(C)CC[C@H]2C1(C)C. The zero-order valence-electron chi connectivity index (χ0n) is 27.7. The highest BCUT2D eigenvalue weighted by atomic mass is 16.2. The van der Waals surface area contributed by atoms with Gasteiger partial charge in [0.1, 0.15) is 0 Å². The molecule has 4 fully saturated rings. The third-order valence-corrected chi connectivity index (χ3v) is 14.6. The molecule has 0 radical (unpaired) electrons. The van der Waals surface area contributed by atoms with E-state index in [-0.39, 0.29) is 33.9 Å². The van der Waals surface area contributed by atoms with Crippen LogP contribution in [0.15, 0.2) is 48.1 Å². The standard InChI is InChI=1S/C39H55NO2/c1-10-26-17-19-36(7)30(35(26,5)6)18-20-38(9)31(36)16-15-28-33-32(24(2)3)29(41)23-39(33,22-21-37(28,38)8)40-34(42)27-14-12-11-13-25(27)4/h10-14,24,26,28,30-31H,1,15-23H2,2-9H3,(H,40,42)/t26?,28?,30-,31+,36?,37+,38?,39?/m0/s1. The van der Waals surface area contributed by atoms with Crippen molar-refractivity contribution >= 4 is 11.7 Å². The molecule has 6 rings (SSSR count). The Morgan fingerprint density at radius 2 is 1.64 bits per heavy atom. The molecule has 0 aromatic heterocycles. The van der Waals surface area contributed by atoms with E-state index in [9.17, 15) is 9.59 Å². The van der Waals surface area contributed by atoms with Crippen LogP contribution < -0.4 is 5.32 Å². The minimum atomic E-state index is -0.547. The van der Waals surface area contributed by atoms with Crippen molar-refractivity contribution in [2.24, 2.45) is 51.2 Å². The molecule has 3 nitrogen and oxygen atoms in total. The van der Waals surface area contributed by atoms with Gasteiger partial charge >= 0.3 is 0 Å². The Kier molecular flexibility index (Phi) is 6.88. The van der Waals surface area contributed by atoms with Crippen LogP contribution >= 0.6 is 0 Å². The molecule has 5 aliphatic carbocycles. The third-order valence-electron chi connectivity index (χ3n) is 14.6. The van der Waals surface area contributed by atoms with E-state index >= 15 is 0 Å². The van der Waals surface area contributed by atoms with Gasteiger partial charge in [0.15, 0.2) is 5.78 Å². The molecule has 8 atom stereocenters. The van der Waals surface area contributed by atoms with Gasteiger partial charge in [-0.05, 0) is 132 Å². The fourth-order valence-electron chi connectivity index (χ4n) is 12.3. The molecule has 4 saturated carbocycles. The summed E-state index contributed by atoms with van der Waals surface area (Å²) in [7, 11) is 0. The quantitative estimate of drug-likeness (QED) is 0.367. The Balaban J connectivity index is 1.41. The van der Waals surface area contributed by atoms with E-state index in [2.05, 4.69) is 66.4 Å². The highest BCUT2D eigenvalue weighted by molar-refractivity contribution is 6.04. The van der Waals surface area contributed by atoms with Gasteiger partial charge in [0.05, 0.1) is 5.54 Å². The van der Waals surface area contributed by atoms with Crippen molar-refractivity contribution in [2.45, 2.75) is 119 Å². The number of Topliss-reactive ketones (excluding diaryl/α,β-unsaturated/α-hetero) is 1. The summed E-state index contributed by atoms with van der Waals surface area (Å²) in [5.74, 6) is 2.75. The lowest BCUT2D eigenvalue weighted by Crippen LogP contribution is -2.66. The van der Waals surface area contributed by atoms with E-state index in [0.29, 0.717) is 29.6 Å². The Bertz CT molecular complexity index is 1350. The van der Waals surface area contributed by atoms with E-state index in [1.165, 1.54) is 37.7 Å². The van der Waals surface area contributed by atoms with Gasteiger partial charge < -0.3 is 5.32 Å². The van der Waals surface area contributed by atoms with Crippen LogP contribution in [-0.2, 0) is 4.79 Å². The number of rotatable bonds is 4. The van der Waals surface area contributed by atoms with Crippen molar-refractivity contribution in [2.75, 3.05) is 0 Å². The van der Waals surface area contributed by atoms with Gasteiger partial charge in [-0.25, -0.2) is 0 Å². The molecule has 1 aromatic carbocycles. The highest BCUT2D eigenvalue weighted by Crippen LogP contribution is 2.76. The van der Waals surface area contributed by atoms with Crippen molar-refractivity contribution in [3.05, 3.63) is 59.2 Å². The molecule has 0 aliphatic heterocycles. The maximum Gasteiger partial charge on any atom is 0.252 e. The fourth-order valence-corrected chi connectivity index (χ4v) is 12.3. The van der Waals surface area contributed by atoms with Crippen LogP contribution in [0.1, 0.15) is 122 Å². The van der Waals surface area contributed by atoms with Crippen LogP contribution in [0, 0.1) is 58.2 Å². The number of aryl methyl sites for hydroxylation is 1. The van der Waals surface area contributed by atoms with Gasteiger partial charge in [-0.15, -0.1) is 6.58 Å². The minimum Gasteiger partial charge on any atom is -0.342 e. The monoisotopic (exact) mass is 569 g/mol. The number of benzene rings is 1. The highest BCUT2D eigenvalue weighted by Gasteiger charge is 2.70. The van der Waals surface area contributed by atoms with Crippen LogP contribution in [0.3, 0.4) is 0 Å². The van der Waals surface area contributed by atoms with E-state index in [4.69, 9.17) is 0 Å². The summed E-state index contributed by atoms with van der Waals surface area (Å²) >= 11 is 0.